The van der Waals surface area contributed by atoms with E-state index in [-0.39, 0.29) is 11.9 Å². The second-order valence-corrected chi connectivity index (χ2v) is 4.43. The maximum atomic E-state index is 13.1. The first kappa shape index (κ1) is 14.9. The van der Waals surface area contributed by atoms with Crippen LogP contribution >= 0.6 is 12.2 Å². The highest BCUT2D eigenvalue weighted by Gasteiger charge is 2.07. The van der Waals surface area contributed by atoms with Crippen LogP contribution in [0.2, 0.25) is 0 Å². The van der Waals surface area contributed by atoms with E-state index in [1.54, 1.807) is 13.2 Å². The van der Waals surface area contributed by atoms with E-state index in [2.05, 4.69) is 10.6 Å². The molecule has 1 aromatic rings. The van der Waals surface area contributed by atoms with Gasteiger partial charge in [0, 0.05) is 20.3 Å². The number of thiocarbonyl (C=S) groups is 1. The Morgan fingerprint density at radius 2 is 2.28 bits per heavy atom. The summed E-state index contributed by atoms with van der Waals surface area (Å²) in [5, 5.41) is 6.76. The Kier molecular flexibility index (Phi) is 6.60. The van der Waals surface area contributed by atoms with E-state index in [1.807, 2.05) is 13.0 Å². The maximum Gasteiger partial charge on any atom is 0.166 e. The molecule has 0 bridgehead atoms. The SMILES string of the molecule is COCCCNC(=S)NC(C)c1cccc(F)c1. The summed E-state index contributed by atoms with van der Waals surface area (Å²) >= 11 is 5.16. The van der Waals surface area contributed by atoms with Crippen LogP contribution in [0.5, 0.6) is 0 Å². The molecule has 3 nitrogen and oxygen atoms in total. The van der Waals surface area contributed by atoms with Crippen molar-refractivity contribution in [3.05, 3.63) is 35.6 Å². The number of halogens is 1. The van der Waals surface area contributed by atoms with Crippen molar-refractivity contribution >= 4 is 17.3 Å². The van der Waals surface area contributed by atoms with Crippen LogP contribution in [0.4, 0.5) is 4.39 Å². The fraction of sp³-hybridized carbons (Fsp3) is 0.462. The van der Waals surface area contributed by atoms with E-state index in [9.17, 15) is 4.39 Å². The van der Waals surface area contributed by atoms with E-state index < -0.39 is 0 Å². The molecule has 1 unspecified atom stereocenters. The van der Waals surface area contributed by atoms with E-state index in [0.29, 0.717) is 11.7 Å². The third-order valence-electron chi connectivity index (χ3n) is 2.51. The molecule has 0 aliphatic carbocycles. The van der Waals surface area contributed by atoms with Gasteiger partial charge in [-0.1, -0.05) is 12.1 Å². The summed E-state index contributed by atoms with van der Waals surface area (Å²) in [7, 11) is 1.67. The zero-order valence-corrected chi connectivity index (χ0v) is 11.5. The van der Waals surface area contributed by atoms with E-state index in [1.165, 1.54) is 12.1 Å². The topological polar surface area (TPSA) is 33.3 Å². The Morgan fingerprint density at radius 3 is 2.94 bits per heavy atom. The van der Waals surface area contributed by atoms with E-state index in [4.69, 9.17) is 17.0 Å². The Labute approximate surface area is 113 Å². The van der Waals surface area contributed by atoms with Gasteiger partial charge in [0.2, 0.25) is 0 Å². The average Bonchev–Trinajstić information content (AvgIpc) is 2.34. The minimum absolute atomic E-state index is 0.0249. The van der Waals surface area contributed by atoms with Crippen LogP contribution in [-0.4, -0.2) is 25.4 Å². The highest BCUT2D eigenvalue weighted by Crippen LogP contribution is 2.12. The predicted octanol–water partition coefficient (Wildman–Crippen LogP) is 2.39. The van der Waals surface area contributed by atoms with Crippen molar-refractivity contribution in [1.82, 2.24) is 10.6 Å². The maximum absolute atomic E-state index is 13.1. The molecule has 2 N–H and O–H groups in total. The molecule has 1 atom stereocenters. The monoisotopic (exact) mass is 270 g/mol. The Morgan fingerprint density at radius 1 is 1.50 bits per heavy atom. The number of hydrogen-bond donors (Lipinski definition) is 2. The fourth-order valence-corrected chi connectivity index (χ4v) is 1.80. The zero-order chi connectivity index (χ0) is 13.4. The Bertz CT molecular complexity index is 387. The van der Waals surface area contributed by atoms with Gasteiger partial charge in [-0.2, -0.15) is 0 Å². The minimum Gasteiger partial charge on any atom is -0.385 e. The minimum atomic E-state index is -0.236. The molecule has 0 aromatic heterocycles. The van der Waals surface area contributed by atoms with Crippen LogP contribution in [0.25, 0.3) is 0 Å². The molecule has 18 heavy (non-hydrogen) atoms. The van der Waals surface area contributed by atoms with Gasteiger partial charge in [-0.25, -0.2) is 4.39 Å². The van der Waals surface area contributed by atoms with Crippen LogP contribution in [0.15, 0.2) is 24.3 Å². The lowest BCUT2D eigenvalue weighted by Crippen LogP contribution is -2.37. The summed E-state index contributed by atoms with van der Waals surface area (Å²) in [6.45, 7) is 3.41. The number of methoxy groups -OCH3 is 1. The molecule has 5 heteroatoms. The summed E-state index contributed by atoms with van der Waals surface area (Å²) in [5.41, 5.74) is 0.871. The van der Waals surface area contributed by atoms with Crippen LogP contribution in [0.1, 0.15) is 24.9 Å². The molecule has 0 aliphatic rings. The Hall–Kier alpha value is -1.20. The number of benzene rings is 1. The van der Waals surface area contributed by atoms with Gasteiger partial charge in [-0.3, -0.25) is 0 Å². The van der Waals surface area contributed by atoms with Gasteiger partial charge in [0.1, 0.15) is 5.82 Å². The van der Waals surface area contributed by atoms with Crippen molar-refractivity contribution in [3.63, 3.8) is 0 Å². The Balaban J connectivity index is 2.35. The molecule has 100 valence electrons. The molecule has 0 fully saturated rings. The first-order chi connectivity index (χ1) is 8.63. The average molecular weight is 270 g/mol. The molecule has 0 saturated carbocycles. The molecule has 0 heterocycles. The van der Waals surface area contributed by atoms with Gasteiger partial charge >= 0.3 is 0 Å². The van der Waals surface area contributed by atoms with Crippen molar-refractivity contribution in [2.24, 2.45) is 0 Å². The van der Waals surface area contributed by atoms with Gasteiger partial charge < -0.3 is 15.4 Å². The quantitative estimate of drug-likeness (QED) is 0.614. The van der Waals surface area contributed by atoms with Gasteiger partial charge in [-0.15, -0.1) is 0 Å². The lowest BCUT2D eigenvalue weighted by atomic mass is 10.1. The molecular formula is C13H19FN2OS. The first-order valence-corrected chi connectivity index (χ1v) is 6.33. The van der Waals surface area contributed by atoms with Gasteiger partial charge in [0.15, 0.2) is 5.11 Å². The molecule has 0 spiro atoms. The van der Waals surface area contributed by atoms with E-state index >= 15 is 0 Å². The van der Waals surface area contributed by atoms with Crippen LogP contribution in [0, 0.1) is 5.82 Å². The second kappa shape index (κ2) is 8.00. The molecule has 0 radical (unpaired) electrons. The molecule has 1 rings (SSSR count). The highest BCUT2D eigenvalue weighted by molar-refractivity contribution is 7.80. The standard InChI is InChI=1S/C13H19FN2OS/c1-10(11-5-3-6-12(14)9-11)16-13(18)15-7-4-8-17-2/h3,5-6,9-10H,4,7-8H2,1-2H3,(H2,15,16,18). The lowest BCUT2D eigenvalue weighted by Gasteiger charge is -2.17. The molecular weight excluding hydrogens is 251 g/mol. The predicted molar refractivity (Wildman–Crippen MR) is 75.0 cm³/mol. The van der Waals surface area contributed by atoms with Crippen molar-refractivity contribution < 1.29 is 9.13 Å². The molecule has 0 aliphatic heterocycles. The lowest BCUT2D eigenvalue weighted by molar-refractivity contribution is 0.195. The van der Waals surface area contributed by atoms with Crippen molar-refractivity contribution in [3.8, 4) is 0 Å². The van der Waals surface area contributed by atoms with Gasteiger partial charge in [-0.05, 0) is 43.3 Å². The number of rotatable bonds is 6. The number of nitrogens with one attached hydrogen (secondary N) is 2. The summed E-state index contributed by atoms with van der Waals surface area (Å²) < 4.78 is 18.0. The number of hydrogen-bond acceptors (Lipinski definition) is 2. The summed E-state index contributed by atoms with van der Waals surface area (Å²) in [5.74, 6) is -0.236. The summed E-state index contributed by atoms with van der Waals surface area (Å²) in [6.07, 6.45) is 0.896. The van der Waals surface area contributed by atoms with E-state index in [0.717, 1.165) is 18.5 Å². The summed E-state index contributed by atoms with van der Waals surface area (Å²) in [6, 6.07) is 6.47. The second-order valence-electron chi connectivity index (χ2n) is 4.02. The van der Waals surface area contributed by atoms with Crippen LogP contribution in [0.3, 0.4) is 0 Å². The zero-order valence-electron chi connectivity index (χ0n) is 10.7. The van der Waals surface area contributed by atoms with Crippen molar-refractivity contribution in [2.75, 3.05) is 20.3 Å². The van der Waals surface area contributed by atoms with Gasteiger partial charge in [0.05, 0.1) is 6.04 Å². The van der Waals surface area contributed by atoms with Crippen molar-refractivity contribution in [1.29, 1.82) is 0 Å². The molecule has 1 aromatic carbocycles. The number of ether oxygens (including phenoxy) is 1. The molecule has 0 saturated heterocycles. The normalized spacial score (nSPS) is 11.9. The van der Waals surface area contributed by atoms with Crippen LogP contribution < -0.4 is 10.6 Å². The third-order valence-corrected chi connectivity index (χ3v) is 2.77. The van der Waals surface area contributed by atoms with Crippen LogP contribution in [-0.2, 0) is 4.74 Å². The first-order valence-electron chi connectivity index (χ1n) is 5.92. The third kappa shape index (κ3) is 5.42. The molecule has 0 amide bonds. The van der Waals surface area contributed by atoms with Gasteiger partial charge in [0.25, 0.3) is 0 Å². The fourth-order valence-electron chi connectivity index (χ4n) is 1.53. The smallest absolute Gasteiger partial charge is 0.166 e. The highest BCUT2D eigenvalue weighted by atomic mass is 32.1. The summed E-state index contributed by atoms with van der Waals surface area (Å²) in [4.78, 5) is 0. The van der Waals surface area contributed by atoms with Crippen molar-refractivity contribution in [2.45, 2.75) is 19.4 Å². The largest absolute Gasteiger partial charge is 0.385 e.